The molecule has 0 spiro atoms. The van der Waals surface area contributed by atoms with Gasteiger partial charge in [-0.3, -0.25) is 4.79 Å². The van der Waals surface area contributed by atoms with Crippen molar-refractivity contribution in [3.8, 4) is 16.9 Å². The monoisotopic (exact) mass is 488 g/mol. The summed E-state index contributed by atoms with van der Waals surface area (Å²) in [6, 6.07) is 15.1. The van der Waals surface area contributed by atoms with Crippen molar-refractivity contribution in [3.63, 3.8) is 0 Å². The molecule has 0 aliphatic heterocycles. The number of nitrogens with zero attached hydrogens (tertiary/aromatic N) is 3. The Hall–Kier alpha value is -4.17. The van der Waals surface area contributed by atoms with Gasteiger partial charge in [0.2, 0.25) is 5.95 Å². The maximum atomic E-state index is 11.8. The van der Waals surface area contributed by atoms with Crippen molar-refractivity contribution in [2.45, 2.75) is 13.8 Å². The Morgan fingerprint density at radius 3 is 2.46 bits per heavy atom. The molecule has 0 aliphatic rings. The fourth-order valence-electron chi connectivity index (χ4n) is 3.57. The van der Waals surface area contributed by atoms with Crippen LogP contribution in [0.15, 0.2) is 60.9 Å². The average molecular weight is 489 g/mol. The van der Waals surface area contributed by atoms with Gasteiger partial charge in [0.15, 0.2) is 5.82 Å². The molecule has 8 nitrogen and oxygen atoms in total. The van der Waals surface area contributed by atoms with E-state index in [1.807, 2.05) is 50.2 Å². The lowest BCUT2D eigenvalue weighted by Crippen LogP contribution is -2.17. The molecule has 1 amide bonds. The SMILES string of the molecule is CNC(=O)c1ccc(-c2cc(OC)c(Nc3ncc(Cl)c(Nc4cc(C)ccn4)n3)cc2C)cc1. The molecule has 0 radical (unpaired) electrons. The molecule has 4 rings (SSSR count). The van der Waals surface area contributed by atoms with Gasteiger partial charge in [0.05, 0.1) is 19.0 Å². The highest BCUT2D eigenvalue weighted by atomic mass is 35.5. The molecular weight excluding hydrogens is 464 g/mol. The van der Waals surface area contributed by atoms with Gasteiger partial charge in [0, 0.05) is 18.8 Å². The van der Waals surface area contributed by atoms with Crippen LogP contribution in [0.3, 0.4) is 0 Å². The smallest absolute Gasteiger partial charge is 0.251 e. The van der Waals surface area contributed by atoms with E-state index < -0.39 is 0 Å². The van der Waals surface area contributed by atoms with E-state index in [2.05, 4.69) is 30.9 Å². The van der Waals surface area contributed by atoms with E-state index in [-0.39, 0.29) is 5.91 Å². The lowest BCUT2D eigenvalue weighted by molar-refractivity contribution is 0.0963. The zero-order valence-corrected chi connectivity index (χ0v) is 20.6. The third-order valence-electron chi connectivity index (χ3n) is 5.38. The Labute approximate surface area is 208 Å². The standard InChI is InChI=1S/C26H25ClN6O2/c1-15-9-10-29-23(11-15)32-24-20(27)14-30-26(33-24)31-21-12-16(2)19(13-22(21)35-4)17-5-7-18(8-6-17)25(34)28-3/h5-14H,1-4H3,(H,28,34)(H2,29,30,31,32,33). The fourth-order valence-corrected chi connectivity index (χ4v) is 3.71. The van der Waals surface area contributed by atoms with E-state index in [1.165, 1.54) is 6.20 Å². The van der Waals surface area contributed by atoms with Gasteiger partial charge in [-0.05, 0) is 72.5 Å². The number of ether oxygens (including phenoxy) is 1. The molecule has 0 fully saturated rings. The van der Waals surface area contributed by atoms with Gasteiger partial charge in [-0.25, -0.2) is 9.97 Å². The van der Waals surface area contributed by atoms with Crippen LogP contribution in [-0.2, 0) is 0 Å². The van der Waals surface area contributed by atoms with Crippen LogP contribution in [0.4, 0.5) is 23.3 Å². The van der Waals surface area contributed by atoms with Gasteiger partial charge in [-0.15, -0.1) is 0 Å². The number of carbonyl (C=O) groups excluding carboxylic acids is 1. The average Bonchev–Trinajstić information content (AvgIpc) is 2.86. The molecule has 2 aromatic heterocycles. The first kappa shape index (κ1) is 24.0. The molecular formula is C26H25ClN6O2. The van der Waals surface area contributed by atoms with Crippen LogP contribution >= 0.6 is 11.6 Å². The predicted octanol–water partition coefficient (Wildman–Crippen LogP) is 5.66. The lowest BCUT2D eigenvalue weighted by Gasteiger charge is -2.16. The van der Waals surface area contributed by atoms with Crippen LogP contribution in [-0.4, -0.2) is 35.0 Å². The summed E-state index contributed by atoms with van der Waals surface area (Å²) in [5.74, 6) is 1.92. The van der Waals surface area contributed by atoms with E-state index in [1.54, 1.807) is 32.5 Å². The highest BCUT2D eigenvalue weighted by Crippen LogP contribution is 2.35. The number of pyridine rings is 1. The minimum atomic E-state index is -0.125. The summed E-state index contributed by atoms with van der Waals surface area (Å²) in [6.45, 7) is 3.99. The molecule has 0 unspecified atom stereocenters. The van der Waals surface area contributed by atoms with Gasteiger partial charge in [0.1, 0.15) is 16.6 Å². The molecule has 0 saturated carbocycles. The van der Waals surface area contributed by atoms with Gasteiger partial charge in [-0.1, -0.05) is 23.7 Å². The zero-order chi connectivity index (χ0) is 24.9. The van der Waals surface area contributed by atoms with Crippen molar-refractivity contribution in [2.75, 3.05) is 24.8 Å². The quantitative estimate of drug-likeness (QED) is 0.308. The van der Waals surface area contributed by atoms with Crippen LogP contribution in [0, 0.1) is 13.8 Å². The Balaban J connectivity index is 1.61. The van der Waals surface area contributed by atoms with E-state index >= 15 is 0 Å². The molecule has 3 N–H and O–H groups in total. The summed E-state index contributed by atoms with van der Waals surface area (Å²) < 4.78 is 5.64. The Bertz CT molecular complexity index is 1380. The molecule has 35 heavy (non-hydrogen) atoms. The minimum absolute atomic E-state index is 0.125. The molecule has 2 aromatic carbocycles. The number of anilines is 4. The van der Waals surface area contributed by atoms with E-state index in [0.29, 0.717) is 39.6 Å². The van der Waals surface area contributed by atoms with Crippen LogP contribution < -0.4 is 20.7 Å². The van der Waals surface area contributed by atoms with Crippen molar-refractivity contribution >= 4 is 40.8 Å². The van der Waals surface area contributed by atoms with Crippen LogP contribution in [0.25, 0.3) is 11.1 Å². The number of rotatable bonds is 7. The number of hydrogen-bond acceptors (Lipinski definition) is 7. The first-order valence-electron chi connectivity index (χ1n) is 10.9. The van der Waals surface area contributed by atoms with Crippen LogP contribution in [0.1, 0.15) is 21.5 Å². The van der Waals surface area contributed by atoms with Gasteiger partial charge in [0.25, 0.3) is 5.91 Å². The third-order valence-corrected chi connectivity index (χ3v) is 5.66. The molecule has 0 bridgehead atoms. The maximum Gasteiger partial charge on any atom is 0.251 e. The normalized spacial score (nSPS) is 10.5. The highest BCUT2D eigenvalue weighted by molar-refractivity contribution is 6.32. The number of hydrogen-bond donors (Lipinski definition) is 3. The maximum absolute atomic E-state index is 11.8. The largest absolute Gasteiger partial charge is 0.495 e. The van der Waals surface area contributed by atoms with Crippen molar-refractivity contribution in [1.82, 2.24) is 20.3 Å². The number of benzene rings is 2. The fraction of sp³-hybridized carbons (Fsp3) is 0.154. The number of halogens is 1. The summed E-state index contributed by atoms with van der Waals surface area (Å²) in [5, 5.41) is 9.35. The zero-order valence-electron chi connectivity index (χ0n) is 19.8. The van der Waals surface area contributed by atoms with Gasteiger partial charge < -0.3 is 20.7 Å². The summed E-state index contributed by atoms with van der Waals surface area (Å²) >= 11 is 6.31. The van der Waals surface area contributed by atoms with Crippen molar-refractivity contribution in [3.05, 3.63) is 82.6 Å². The molecule has 9 heteroatoms. The number of aromatic nitrogens is 3. The molecule has 178 valence electrons. The Morgan fingerprint density at radius 2 is 1.77 bits per heavy atom. The topological polar surface area (TPSA) is 101 Å². The second kappa shape index (κ2) is 10.4. The second-order valence-corrected chi connectivity index (χ2v) is 8.29. The lowest BCUT2D eigenvalue weighted by atomic mass is 9.98. The first-order valence-corrected chi connectivity index (χ1v) is 11.3. The molecule has 4 aromatic rings. The molecule has 0 aliphatic carbocycles. The van der Waals surface area contributed by atoms with Crippen molar-refractivity contribution in [2.24, 2.45) is 0 Å². The summed E-state index contributed by atoms with van der Waals surface area (Å²) in [5.41, 5.74) is 5.34. The van der Waals surface area contributed by atoms with E-state index in [0.717, 1.165) is 22.3 Å². The number of aryl methyl sites for hydroxylation is 2. The van der Waals surface area contributed by atoms with Gasteiger partial charge in [-0.2, -0.15) is 4.98 Å². The molecule has 0 atom stereocenters. The van der Waals surface area contributed by atoms with Crippen LogP contribution in [0.5, 0.6) is 5.75 Å². The van der Waals surface area contributed by atoms with Crippen LogP contribution in [0.2, 0.25) is 5.02 Å². The minimum Gasteiger partial charge on any atom is -0.495 e. The molecule has 2 heterocycles. The van der Waals surface area contributed by atoms with E-state index in [4.69, 9.17) is 16.3 Å². The first-order chi connectivity index (χ1) is 16.9. The summed E-state index contributed by atoms with van der Waals surface area (Å²) in [7, 11) is 3.22. The van der Waals surface area contributed by atoms with Gasteiger partial charge >= 0.3 is 0 Å². The number of amides is 1. The third kappa shape index (κ3) is 5.50. The van der Waals surface area contributed by atoms with E-state index in [9.17, 15) is 4.79 Å². The Morgan fingerprint density at radius 1 is 1.00 bits per heavy atom. The second-order valence-electron chi connectivity index (χ2n) is 7.88. The number of carbonyl (C=O) groups is 1. The highest BCUT2D eigenvalue weighted by Gasteiger charge is 2.14. The summed E-state index contributed by atoms with van der Waals surface area (Å²) in [6.07, 6.45) is 3.24. The Kier molecular flexibility index (Phi) is 7.12. The number of nitrogens with one attached hydrogen (secondary N) is 3. The van der Waals surface area contributed by atoms with Crippen molar-refractivity contribution in [1.29, 1.82) is 0 Å². The number of methoxy groups -OCH3 is 1. The molecule has 0 saturated heterocycles. The predicted molar refractivity (Wildman–Crippen MR) is 139 cm³/mol. The summed E-state index contributed by atoms with van der Waals surface area (Å²) in [4.78, 5) is 25.0. The van der Waals surface area contributed by atoms with Crippen molar-refractivity contribution < 1.29 is 9.53 Å².